The van der Waals surface area contributed by atoms with E-state index in [-0.39, 0.29) is 5.91 Å². The Morgan fingerprint density at radius 2 is 1.85 bits per heavy atom. The van der Waals surface area contributed by atoms with Crippen LogP contribution >= 0.6 is 11.6 Å². The molecule has 0 aliphatic carbocycles. The molecule has 0 saturated carbocycles. The van der Waals surface area contributed by atoms with Crippen LogP contribution < -0.4 is 15.4 Å². The molecule has 3 rings (SSSR count). The number of halogens is 1. The molecule has 1 aromatic heterocycles. The number of para-hydroxylation sites is 1. The van der Waals surface area contributed by atoms with Gasteiger partial charge in [0.25, 0.3) is 5.91 Å². The minimum absolute atomic E-state index is 0.265. The molecule has 0 radical (unpaired) electrons. The van der Waals surface area contributed by atoms with Gasteiger partial charge in [0.1, 0.15) is 5.75 Å². The quantitative estimate of drug-likeness (QED) is 0.696. The van der Waals surface area contributed by atoms with Gasteiger partial charge < -0.3 is 15.4 Å². The van der Waals surface area contributed by atoms with Gasteiger partial charge in [-0.2, -0.15) is 0 Å². The third-order valence-corrected chi connectivity index (χ3v) is 4.01. The van der Waals surface area contributed by atoms with E-state index in [4.69, 9.17) is 16.3 Å². The summed E-state index contributed by atoms with van der Waals surface area (Å²) in [5, 5.41) is 6.35. The van der Waals surface area contributed by atoms with Gasteiger partial charge >= 0.3 is 0 Å². The molecular weight excluding hydrogens is 352 g/mol. The maximum absolute atomic E-state index is 12.3. The van der Waals surface area contributed by atoms with Crippen LogP contribution in [0.4, 0.5) is 17.3 Å². The molecular formula is C19H17ClN4O2. The molecule has 0 saturated heterocycles. The average molecular weight is 369 g/mol. The van der Waals surface area contributed by atoms with Gasteiger partial charge in [-0.05, 0) is 36.8 Å². The minimum atomic E-state index is -0.265. The molecule has 0 spiro atoms. The molecule has 26 heavy (non-hydrogen) atoms. The number of nitrogens with one attached hydrogen (secondary N) is 2. The summed E-state index contributed by atoms with van der Waals surface area (Å²) in [4.78, 5) is 20.7. The Morgan fingerprint density at radius 1 is 1.12 bits per heavy atom. The lowest BCUT2D eigenvalue weighted by Crippen LogP contribution is -2.13. The van der Waals surface area contributed by atoms with E-state index in [0.717, 1.165) is 11.3 Å². The average Bonchev–Trinajstić information content (AvgIpc) is 2.64. The minimum Gasteiger partial charge on any atom is -0.495 e. The summed E-state index contributed by atoms with van der Waals surface area (Å²) < 4.78 is 5.11. The first kappa shape index (κ1) is 17.7. The molecule has 0 unspecified atom stereocenters. The zero-order valence-corrected chi connectivity index (χ0v) is 15.0. The van der Waals surface area contributed by atoms with Crippen molar-refractivity contribution in [3.05, 3.63) is 71.0 Å². The number of carbonyl (C=O) groups is 1. The van der Waals surface area contributed by atoms with Gasteiger partial charge in [-0.1, -0.05) is 29.8 Å². The van der Waals surface area contributed by atoms with Gasteiger partial charge in [-0.15, -0.1) is 0 Å². The number of nitrogens with zero attached hydrogens (tertiary/aromatic N) is 2. The molecule has 0 bridgehead atoms. The number of hydrogen-bond donors (Lipinski definition) is 2. The predicted molar refractivity (Wildman–Crippen MR) is 102 cm³/mol. The zero-order valence-electron chi connectivity index (χ0n) is 14.3. The molecule has 3 aromatic rings. The summed E-state index contributed by atoms with van der Waals surface area (Å²) >= 11 is 6.09. The Morgan fingerprint density at radius 3 is 2.50 bits per heavy atom. The van der Waals surface area contributed by atoms with E-state index in [2.05, 4.69) is 20.6 Å². The highest BCUT2D eigenvalue weighted by Crippen LogP contribution is 2.28. The van der Waals surface area contributed by atoms with Crippen LogP contribution in [-0.4, -0.2) is 23.0 Å². The van der Waals surface area contributed by atoms with Crippen LogP contribution in [-0.2, 0) is 0 Å². The fourth-order valence-electron chi connectivity index (χ4n) is 2.29. The highest BCUT2D eigenvalue weighted by atomic mass is 35.5. The maximum atomic E-state index is 12.3. The topological polar surface area (TPSA) is 76.1 Å². The van der Waals surface area contributed by atoms with Crippen LogP contribution in [0.3, 0.4) is 0 Å². The van der Waals surface area contributed by atoms with E-state index >= 15 is 0 Å². The molecule has 0 fully saturated rings. The first-order valence-electron chi connectivity index (χ1n) is 7.86. The number of rotatable bonds is 5. The standard InChI is InChI=1S/C19H17ClN4O2/c1-12-5-3-4-6-16(12)24-18(25)13-10-21-19(22-11-13)23-14-7-8-17(26-2)15(20)9-14/h3-11H,1-2H3,(H,24,25)(H,21,22,23). The highest BCUT2D eigenvalue weighted by Gasteiger charge is 2.09. The number of aryl methyl sites for hydroxylation is 1. The smallest absolute Gasteiger partial charge is 0.258 e. The number of hydrogen-bond acceptors (Lipinski definition) is 5. The number of amides is 1. The fourth-order valence-corrected chi connectivity index (χ4v) is 2.55. The molecule has 0 aliphatic heterocycles. The van der Waals surface area contributed by atoms with Gasteiger partial charge in [-0.3, -0.25) is 4.79 Å². The SMILES string of the molecule is COc1ccc(Nc2ncc(C(=O)Nc3ccccc3C)cn2)cc1Cl. The van der Waals surface area contributed by atoms with Crippen molar-refractivity contribution >= 4 is 34.8 Å². The second kappa shape index (κ2) is 7.84. The van der Waals surface area contributed by atoms with E-state index in [1.54, 1.807) is 25.3 Å². The number of aromatic nitrogens is 2. The number of carbonyl (C=O) groups excluding carboxylic acids is 1. The monoisotopic (exact) mass is 368 g/mol. The van der Waals surface area contributed by atoms with Crippen molar-refractivity contribution in [2.24, 2.45) is 0 Å². The first-order valence-corrected chi connectivity index (χ1v) is 8.24. The van der Waals surface area contributed by atoms with Gasteiger partial charge in [-0.25, -0.2) is 9.97 Å². The van der Waals surface area contributed by atoms with Gasteiger partial charge in [0.05, 0.1) is 17.7 Å². The van der Waals surface area contributed by atoms with Crippen LogP contribution in [0.2, 0.25) is 5.02 Å². The molecule has 0 atom stereocenters. The van der Waals surface area contributed by atoms with Crippen LogP contribution in [0.1, 0.15) is 15.9 Å². The van der Waals surface area contributed by atoms with E-state index in [1.165, 1.54) is 12.4 Å². The molecule has 1 heterocycles. The van der Waals surface area contributed by atoms with Gasteiger partial charge in [0.15, 0.2) is 0 Å². The van der Waals surface area contributed by atoms with Crippen molar-refractivity contribution in [1.82, 2.24) is 9.97 Å². The second-order valence-electron chi connectivity index (χ2n) is 5.54. The maximum Gasteiger partial charge on any atom is 0.258 e. The zero-order chi connectivity index (χ0) is 18.5. The summed E-state index contributed by atoms with van der Waals surface area (Å²) in [6, 6.07) is 12.8. The van der Waals surface area contributed by atoms with Crippen molar-refractivity contribution < 1.29 is 9.53 Å². The van der Waals surface area contributed by atoms with Gasteiger partial charge in [0, 0.05) is 23.8 Å². The van der Waals surface area contributed by atoms with Crippen LogP contribution in [0.25, 0.3) is 0 Å². The highest BCUT2D eigenvalue weighted by molar-refractivity contribution is 6.32. The third-order valence-electron chi connectivity index (χ3n) is 3.72. The summed E-state index contributed by atoms with van der Waals surface area (Å²) in [6.45, 7) is 1.93. The van der Waals surface area contributed by atoms with Crippen molar-refractivity contribution in [2.45, 2.75) is 6.92 Å². The predicted octanol–water partition coefficient (Wildman–Crippen LogP) is 4.44. The van der Waals surface area contributed by atoms with Crippen molar-refractivity contribution in [3.8, 4) is 5.75 Å². The van der Waals surface area contributed by atoms with Crippen LogP contribution in [0, 0.1) is 6.92 Å². The van der Waals surface area contributed by atoms with Crippen molar-refractivity contribution in [1.29, 1.82) is 0 Å². The second-order valence-corrected chi connectivity index (χ2v) is 5.95. The number of anilines is 3. The van der Waals surface area contributed by atoms with Crippen molar-refractivity contribution in [3.63, 3.8) is 0 Å². The summed E-state index contributed by atoms with van der Waals surface area (Å²) in [6.07, 6.45) is 2.93. The molecule has 7 heteroatoms. The summed E-state index contributed by atoms with van der Waals surface area (Å²) in [7, 11) is 1.55. The number of ether oxygens (including phenoxy) is 1. The molecule has 2 aromatic carbocycles. The normalized spacial score (nSPS) is 10.3. The Balaban J connectivity index is 1.69. The van der Waals surface area contributed by atoms with E-state index in [9.17, 15) is 4.79 Å². The lowest BCUT2D eigenvalue weighted by Gasteiger charge is -2.09. The Hall–Kier alpha value is -3.12. The molecule has 132 valence electrons. The van der Waals surface area contributed by atoms with E-state index in [0.29, 0.717) is 28.0 Å². The van der Waals surface area contributed by atoms with E-state index in [1.807, 2.05) is 31.2 Å². The van der Waals surface area contributed by atoms with Crippen LogP contribution in [0.5, 0.6) is 5.75 Å². The Kier molecular flexibility index (Phi) is 5.34. The molecule has 6 nitrogen and oxygen atoms in total. The molecule has 1 amide bonds. The van der Waals surface area contributed by atoms with Crippen LogP contribution in [0.15, 0.2) is 54.9 Å². The number of benzene rings is 2. The summed E-state index contributed by atoms with van der Waals surface area (Å²) in [5.41, 5.74) is 2.82. The summed E-state index contributed by atoms with van der Waals surface area (Å²) in [5.74, 6) is 0.679. The van der Waals surface area contributed by atoms with Crippen molar-refractivity contribution in [2.75, 3.05) is 17.7 Å². The largest absolute Gasteiger partial charge is 0.495 e. The van der Waals surface area contributed by atoms with Gasteiger partial charge in [0.2, 0.25) is 5.95 Å². The fraction of sp³-hybridized carbons (Fsp3) is 0.105. The first-order chi connectivity index (χ1) is 12.6. The number of methoxy groups -OCH3 is 1. The molecule has 0 aliphatic rings. The molecule has 2 N–H and O–H groups in total. The third kappa shape index (κ3) is 4.10. The lowest BCUT2D eigenvalue weighted by atomic mass is 10.2. The Labute approximate surface area is 156 Å². The Bertz CT molecular complexity index is 929. The van der Waals surface area contributed by atoms with E-state index < -0.39 is 0 Å². The lowest BCUT2D eigenvalue weighted by molar-refractivity contribution is 0.102.